The molecule has 0 aliphatic heterocycles. The van der Waals surface area contributed by atoms with Gasteiger partial charge in [0.15, 0.2) is 0 Å². The second-order valence-electron chi connectivity index (χ2n) is 4.70. The van der Waals surface area contributed by atoms with E-state index in [9.17, 15) is 4.79 Å². The lowest BCUT2D eigenvalue weighted by Crippen LogP contribution is -2.34. The van der Waals surface area contributed by atoms with Gasteiger partial charge in [-0.1, -0.05) is 11.6 Å². The van der Waals surface area contributed by atoms with Gasteiger partial charge in [-0.3, -0.25) is 4.79 Å². The highest BCUT2D eigenvalue weighted by atomic mass is 35.5. The van der Waals surface area contributed by atoms with Gasteiger partial charge in [0, 0.05) is 11.6 Å². The van der Waals surface area contributed by atoms with E-state index in [0.29, 0.717) is 16.3 Å². The van der Waals surface area contributed by atoms with E-state index >= 15 is 0 Å². The van der Waals surface area contributed by atoms with Crippen molar-refractivity contribution in [3.63, 3.8) is 0 Å². The molecule has 1 rings (SSSR count). The molecule has 0 bridgehead atoms. The third-order valence-corrected chi connectivity index (χ3v) is 2.98. The zero-order valence-corrected chi connectivity index (χ0v) is 11.8. The van der Waals surface area contributed by atoms with Crippen molar-refractivity contribution in [2.75, 3.05) is 26.4 Å². The van der Waals surface area contributed by atoms with Crippen LogP contribution in [0.25, 0.3) is 0 Å². The number of carbonyl (C=O) groups excluding carboxylic acids is 1. The van der Waals surface area contributed by atoms with E-state index in [1.54, 1.807) is 18.2 Å². The number of benzene rings is 1. The van der Waals surface area contributed by atoms with E-state index in [-0.39, 0.29) is 11.9 Å². The molecule has 1 aromatic carbocycles. The normalized spacial score (nSPS) is 12.5. The van der Waals surface area contributed by atoms with Crippen molar-refractivity contribution < 1.29 is 4.79 Å². The minimum atomic E-state index is -0.122. The topological polar surface area (TPSA) is 58.4 Å². The number of halogens is 1. The van der Waals surface area contributed by atoms with Crippen LogP contribution in [0.5, 0.6) is 0 Å². The fourth-order valence-corrected chi connectivity index (χ4v) is 1.68. The van der Waals surface area contributed by atoms with Gasteiger partial charge in [-0.25, -0.2) is 0 Å². The summed E-state index contributed by atoms with van der Waals surface area (Å²) < 4.78 is 0. The average Bonchev–Trinajstić information content (AvgIpc) is 2.30. The molecule has 5 heteroatoms. The molecule has 0 saturated heterocycles. The molecule has 0 aromatic heterocycles. The maximum Gasteiger partial charge on any atom is 0.251 e. The maximum absolute atomic E-state index is 11.9. The lowest BCUT2D eigenvalue weighted by atomic mass is 10.1. The number of hydrogen-bond donors (Lipinski definition) is 2. The molecule has 0 spiro atoms. The first kappa shape index (κ1) is 14.8. The van der Waals surface area contributed by atoms with E-state index in [1.165, 1.54) is 0 Å². The quantitative estimate of drug-likeness (QED) is 0.804. The molecular weight excluding hydrogens is 250 g/mol. The van der Waals surface area contributed by atoms with Crippen LogP contribution in [0.2, 0.25) is 5.02 Å². The smallest absolute Gasteiger partial charge is 0.251 e. The SMILES string of the molecule is CC(CCN(C)C)NC(=O)c1ccc(N)c(Cl)c1. The number of carbonyl (C=O) groups is 1. The van der Waals surface area contributed by atoms with E-state index in [0.717, 1.165) is 13.0 Å². The van der Waals surface area contributed by atoms with Gasteiger partial charge < -0.3 is 16.0 Å². The van der Waals surface area contributed by atoms with Crippen LogP contribution in [0.15, 0.2) is 18.2 Å². The molecule has 1 unspecified atom stereocenters. The number of nitrogens with two attached hydrogens (primary N) is 1. The zero-order valence-electron chi connectivity index (χ0n) is 11.0. The molecular formula is C13H20ClN3O. The van der Waals surface area contributed by atoms with Gasteiger partial charge in [0.05, 0.1) is 10.7 Å². The summed E-state index contributed by atoms with van der Waals surface area (Å²) in [5, 5.41) is 3.34. The highest BCUT2D eigenvalue weighted by Gasteiger charge is 2.11. The largest absolute Gasteiger partial charge is 0.398 e. The van der Waals surface area contributed by atoms with Crippen molar-refractivity contribution in [3.8, 4) is 0 Å². The second-order valence-corrected chi connectivity index (χ2v) is 5.11. The number of nitrogen functional groups attached to an aromatic ring is 1. The number of hydrogen-bond acceptors (Lipinski definition) is 3. The van der Waals surface area contributed by atoms with Crippen LogP contribution in [0.4, 0.5) is 5.69 Å². The van der Waals surface area contributed by atoms with Crippen LogP contribution < -0.4 is 11.1 Å². The summed E-state index contributed by atoms with van der Waals surface area (Å²) in [5.74, 6) is -0.122. The van der Waals surface area contributed by atoms with E-state index in [4.69, 9.17) is 17.3 Å². The van der Waals surface area contributed by atoms with Crippen molar-refractivity contribution in [1.29, 1.82) is 0 Å². The Bertz CT molecular complexity index is 421. The molecule has 1 aromatic rings. The first-order valence-electron chi connectivity index (χ1n) is 5.90. The molecule has 0 aliphatic rings. The summed E-state index contributed by atoms with van der Waals surface area (Å²) in [7, 11) is 4.02. The van der Waals surface area contributed by atoms with Crippen molar-refractivity contribution in [1.82, 2.24) is 10.2 Å². The lowest BCUT2D eigenvalue weighted by molar-refractivity contribution is 0.0937. The number of amides is 1. The number of anilines is 1. The fraction of sp³-hybridized carbons (Fsp3) is 0.462. The highest BCUT2D eigenvalue weighted by molar-refractivity contribution is 6.33. The van der Waals surface area contributed by atoms with Crippen LogP contribution >= 0.6 is 11.6 Å². The van der Waals surface area contributed by atoms with Crippen molar-refractivity contribution >= 4 is 23.2 Å². The van der Waals surface area contributed by atoms with Gasteiger partial charge in [-0.2, -0.15) is 0 Å². The van der Waals surface area contributed by atoms with E-state index in [1.807, 2.05) is 21.0 Å². The Hall–Kier alpha value is -1.26. The average molecular weight is 270 g/mol. The Kier molecular flexibility index (Phi) is 5.44. The summed E-state index contributed by atoms with van der Waals surface area (Å²) in [6.45, 7) is 2.92. The van der Waals surface area contributed by atoms with Crippen LogP contribution in [0, 0.1) is 0 Å². The lowest BCUT2D eigenvalue weighted by Gasteiger charge is -2.16. The molecule has 1 atom stereocenters. The van der Waals surface area contributed by atoms with E-state index < -0.39 is 0 Å². The number of nitrogens with zero attached hydrogens (tertiary/aromatic N) is 1. The molecule has 0 fully saturated rings. The minimum Gasteiger partial charge on any atom is -0.398 e. The Morgan fingerprint density at radius 1 is 1.50 bits per heavy atom. The van der Waals surface area contributed by atoms with Gasteiger partial charge >= 0.3 is 0 Å². The van der Waals surface area contributed by atoms with Crippen LogP contribution in [0.3, 0.4) is 0 Å². The first-order valence-corrected chi connectivity index (χ1v) is 6.28. The van der Waals surface area contributed by atoms with Crippen LogP contribution in [-0.4, -0.2) is 37.5 Å². The maximum atomic E-state index is 11.9. The summed E-state index contributed by atoms with van der Waals surface area (Å²) in [6, 6.07) is 5.03. The van der Waals surface area contributed by atoms with Gasteiger partial charge in [-0.05, 0) is 52.2 Å². The van der Waals surface area contributed by atoms with Gasteiger partial charge in [0.2, 0.25) is 0 Å². The molecule has 0 radical (unpaired) electrons. The molecule has 0 heterocycles. The fourth-order valence-electron chi connectivity index (χ4n) is 1.50. The van der Waals surface area contributed by atoms with Gasteiger partial charge in [0.1, 0.15) is 0 Å². The Morgan fingerprint density at radius 3 is 2.72 bits per heavy atom. The van der Waals surface area contributed by atoms with Crippen LogP contribution in [0.1, 0.15) is 23.7 Å². The molecule has 4 nitrogen and oxygen atoms in total. The van der Waals surface area contributed by atoms with Crippen molar-refractivity contribution in [2.24, 2.45) is 0 Å². The summed E-state index contributed by atoms with van der Waals surface area (Å²) >= 11 is 5.89. The van der Waals surface area contributed by atoms with Crippen LogP contribution in [-0.2, 0) is 0 Å². The second kappa shape index (κ2) is 6.61. The Balaban J connectivity index is 2.56. The Morgan fingerprint density at radius 2 is 2.17 bits per heavy atom. The first-order chi connectivity index (χ1) is 8.40. The molecule has 0 saturated carbocycles. The minimum absolute atomic E-state index is 0.122. The molecule has 18 heavy (non-hydrogen) atoms. The molecule has 100 valence electrons. The summed E-state index contributed by atoms with van der Waals surface area (Å²) in [6.07, 6.45) is 0.904. The summed E-state index contributed by atoms with van der Waals surface area (Å²) in [4.78, 5) is 14.0. The third-order valence-electron chi connectivity index (χ3n) is 2.65. The monoisotopic (exact) mass is 269 g/mol. The Labute approximate surface area is 113 Å². The molecule has 1 amide bonds. The molecule has 3 N–H and O–H groups in total. The van der Waals surface area contributed by atoms with E-state index in [2.05, 4.69) is 10.2 Å². The standard InChI is InChI=1S/C13H20ClN3O/c1-9(6-7-17(2)3)16-13(18)10-4-5-12(15)11(14)8-10/h4-5,8-9H,6-7,15H2,1-3H3,(H,16,18). The predicted molar refractivity (Wildman–Crippen MR) is 76.0 cm³/mol. The van der Waals surface area contributed by atoms with Gasteiger partial charge in [-0.15, -0.1) is 0 Å². The number of rotatable bonds is 5. The van der Waals surface area contributed by atoms with Gasteiger partial charge in [0.25, 0.3) is 5.91 Å². The zero-order chi connectivity index (χ0) is 13.7. The predicted octanol–water partition coefficient (Wildman–Crippen LogP) is 1.99. The van der Waals surface area contributed by atoms with Crippen molar-refractivity contribution in [2.45, 2.75) is 19.4 Å². The highest BCUT2D eigenvalue weighted by Crippen LogP contribution is 2.19. The summed E-state index contributed by atoms with van der Waals surface area (Å²) in [5.41, 5.74) is 6.62. The third kappa shape index (κ3) is 4.55. The van der Waals surface area contributed by atoms with Crippen molar-refractivity contribution in [3.05, 3.63) is 28.8 Å². The number of nitrogens with one attached hydrogen (secondary N) is 1. The molecule has 0 aliphatic carbocycles.